The van der Waals surface area contributed by atoms with Crippen molar-refractivity contribution < 1.29 is 19.4 Å². The summed E-state index contributed by atoms with van der Waals surface area (Å²) < 4.78 is 4.66. The van der Waals surface area contributed by atoms with Gasteiger partial charge in [-0.3, -0.25) is 0 Å². The van der Waals surface area contributed by atoms with Gasteiger partial charge in [-0.15, -0.1) is 0 Å². The number of rotatable bonds is 2. The lowest BCUT2D eigenvalue weighted by molar-refractivity contribution is 0.0603. The molecule has 0 saturated carbocycles. The van der Waals surface area contributed by atoms with Gasteiger partial charge in [-0.2, -0.15) is 0 Å². The van der Waals surface area contributed by atoms with Crippen molar-refractivity contribution in [3.8, 4) is 0 Å². The van der Waals surface area contributed by atoms with Crippen molar-refractivity contribution in [2.45, 2.75) is 6.92 Å². The molecule has 0 aliphatic heterocycles. The van der Waals surface area contributed by atoms with Crippen LogP contribution < -0.4 is 0 Å². The van der Waals surface area contributed by atoms with Crippen molar-refractivity contribution in [1.29, 1.82) is 0 Å². The summed E-state index contributed by atoms with van der Waals surface area (Å²) in [5.41, 5.74) is 1.45. The summed E-state index contributed by atoms with van der Waals surface area (Å²) in [6, 6.07) is 6.50. The lowest BCUT2D eigenvalue weighted by Crippen LogP contribution is -2.08. The van der Waals surface area contributed by atoms with E-state index in [4.69, 9.17) is 5.11 Å². The van der Waals surface area contributed by atoms with Gasteiger partial charge in [0.1, 0.15) is 5.69 Å². The van der Waals surface area contributed by atoms with Crippen LogP contribution in [-0.2, 0) is 4.74 Å². The van der Waals surface area contributed by atoms with Gasteiger partial charge in [0.15, 0.2) is 0 Å². The van der Waals surface area contributed by atoms with E-state index in [1.807, 2.05) is 13.0 Å². The molecule has 0 spiro atoms. The Balaban J connectivity index is 2.81. The van der Waals surface area contributed by atoms with Crippen LogP contribution in [0.1, 0.15) is 26.4 Å². The highest BCUT2D eigenvalue weighted by Crippen LogP contribution is 2.21. The molecule has 0 radical (unpaired) electrons. The van der Waals surface area contributed by atoms with E-state index in [9.17, 15) is 9.59 Å². The maximum atomic E-state index is 11.7. The first-order chi connectivity index (χ1) is 8.52. The van der Waals surface area contributed by atoms with Crippen LogP contribution in [-0.4, -0.2) is 29.1 Å². The highest BCUT2D eigenvalue weighted by Gasteiger charge is 2.16. The number of methoxy groups -OCH3 is 1. The van der Waals surface area contributed by atoms with E-state index >= 15 is 0 Å². The number of ether oxygens (including phenoxy) is 1. The molecule has 0 aliphatic rings. The second-order valence-electron chi connectivity index (χ2n) is 3.87. The Kier molecular flexibility index (Phi) is 2.97. The second kappa shape index (κ2) is 4.44. The number of aryl methyl sites for hydroxylation is 1. The first-order valence-corrected chi connectivity index (χ1v) is 5.26. The average molecular weight is 245 g/mol. The zero-order valence-corrected chi connectivity index (χ0v) is 9.93. The number of carboxylic acid groups (broad SMARTS) is 1. The Hall–Kier alpha value is -2.43. The fraction of sp³-hybridized carbons (Fsp3) is 0.154. The zero-order valence-electron chi connectivity index (χ0n) is 9.93. The number of fused-ring (bicyclic) bond motifs is 1. The van der Waals surface area contributed by atoms with Crippen molar-refractivity contribution in [2.75, 3.05) is 7.11 Å². The van der Waals surface area contributed by atoms with Crippen LogP contribution in [0, 0.1) is 6.92 Å². The minimum absolute atomic E-state index is 0.174. The monoisotopic (exact) mass is 245 g/mol. The molecule has 2 aromatic rings. The van der Waals surface area contributed by atoms with E-state index in [1.54, 1.807) is 12.1 Å². The Labute approximate surface area is 103 Å². The maximum Gasteiger partial charge on any atom is 0.354 e. The number of aromatic nitrogens is 1. The summed E-state index contributed by atoms with van der Waals surface area (Å²) in [7, 11) is 1.25. The summed E-state index contributed by atoms with van der Waals surface area (Å²) in [4.78, 5) is 26.6. The van der Waals surface area contributed by atoms with E-state index < -0.39 is 11.9 Å². The zero-order chi connectivity index (χ0) is 13.3. The quantitative estimate of drug-likeness (QED) is 0.819. The van der Waals surface area contributed by atoms with Crippen molar-refractivity contribution in [3.63, 3.8) is 0 Å². The molecule has 0 atom stereocenters. The fourth-order valence-electron chi connectivity index (χ4n) is 1.73. The predicted molar refractivity (Wildman–Crippen MR) is 64.8 cm³/mol. The number of pyridine rings is 1. The molecule has 0 saturated heterocycles. The van der Waals surface area contributed by atoms with Crippen LogP contribution in [0.2, 0.25) is 0 Å². The number of hydrogen-bond acceptors (Lipinski definition) is 4. The van der Waals surface area contributed by atoms with Crippen LogP contribution in [0.25, 0.3) is 10.9 Å². The van der Waals surface area contributed by atoms with Gasteiger partial charge in [0.25, 0.3) is 0 Å². The average Bonchev–Trinajstić information content (AvgIpc) is 2.36. The van der Waals surface area contributed by atoms with Gasteiger partial charge in [0, 0.05) is 5.39 Å². The molecule has 1 aromatic carbocycles. The van der Waals surface area contributed by atoms with Gasteiger partial charge in [-0.1, -0.05) is 11.6 Å². The minimum Gasteiger partial charge on any atom is -0.477 e. The van der Waals surface area contributed by atoms with E-state index in [0.29, 0.717) is 10.9 Å². The van der Waals surface area contributed by atoms with Crippen molar-refractivity contribution in [3.05, 3.63) is 41.1 Å². The summed E-state index contributed by atoms with van der Waals surface area (Å²) in [6.07, 6.45) is 0. The first-order valence-electron chi connectivity index (χ1n) is 5.26. The molecule has 0 bridgehead atoms. The molecule has 92 valence electrons. The Morgan fingerprint density at radius 2 is 2.00 bits per heavy atom. The normalized spacial score (nSPS) is 10.3. The summed E-state index contributed by atoms with van der Waals surface area (Å²) in [6.45, 7) is 1.88. The Morgan fingerprint density at radius 1 is 1.28 bits per heavy atom. The molecule has 5 nitrogen and oxygen atoms in total. The molecule has 0 aliphatic carbocycles. The smallest absolute Gasteiger partial charge is 0.354 e. The standard InChI is InChI=1S/C13H11NO4/c1-7-3-4-10-8(5-7)9(13(17)18-2)6-11(14-10)12(15)16/h3-6H,1-2H3,(H,15,16). The van der Waals surface area contributed by atoms with Gasteiger partial charge in [0.05, 0.1) is 18.2 Å². The lowest BCUT2D eigenvalue weighted by Gasteiger charge is -2.07. The molecule has 1 heterocycles. The van der Waals surface area contributed by atoms with E-state index in [1.165, 1.54) is 13.2 Å². The van der Waals surface area contributed by atoms with E-state index in [0.717, 1.165) is 5.56 Å². The number of esters is 1. The maximum absolute atomic E-state index is 11.7. The SMILES string of the molecule is COC(=O)c1cc(C(=O)O)nc2ccc(C)cc12. The third-order valence-corrected chi connectivity index (χ3v) is 2.59. The molecule has 18 heavy (non-hydrogen) atoms. The molecule has 0 amide bonds. The molecule has 2 rings (SSSR count). The molecule has 1 aromatic heterocycles. The first kappa shape index (κ1) is 12.0. The largest absolute Gasteiger partial charge is 0.477 e. The summed E-state index contributed by atoms with van der Waals surface area (Å²) in [5, 5.41) is 9.55. The number of hydrogen-bond donors (Lipinski definition) is 1. The van der Waals surface area contributed by atoms with E-state index in [-0.39, 0.29) is 11.3 Å². The van der Waals surface area contributed by atoms with Gasteiger partial charge < -0.3 is 9.84 Å². The second-order valence-corrected chi connectivity index (χ2v) is 3.87. The molecular formula is C13H11NO4. The molecule has 0 fully saturated rings. The Bertz CT molecular complexity index is 649. The number of carboxylic acids is 1. The molecule has 5 heteroatoms. The lowest BCUT2D eigenvalue weighted by atomic mass is 10.1. The van der Waals surface area contributed by atoms with Crippen molar-refractivity contribution in [2.24, 2.45) is 0 Å². The molecule has 0 unspecified atom stereocenters. The van der Waals surface area contributed by atoms with Crippen LogP contribution in [0.15, 0.2) is 24.3 Å². The van der Waals surface area contributed by atoms with Gasteiger partial charge in [-0.05, 0) is 25.1 Å². The van der Waals surface area contributed by atoms with Crippen LogP contribution in [0.4, 0.5) is 0 Å². The number of nitrogens with zero attached hydrogens (tertiary/aromatic N) is 1. The Morgan fingerprint density at radius 3 is 2.61 bits per heavy atom. The third kappa shape index (κ3) is 2.02. The van der Waals surface area contributed by atoms with Gasteiger partial charge in [0.2, 0.25) is 0 Å². The van der Waals surface area contributed by atoms with E-state index in [2.05, 4.69) is 9.72 Å². The molecular weight excluding hydrogens is 234 g/mol. The predicted octanol–water partition coefficient (Wildman–Crippen LogP) is 2.03. The molecule has 1 N–H and O–H groups in total. The summed E-state index contributed by atoms with van der Waals surface area (Å²) in [5.74, 6) is -1.75. The number of aromatic carboxylic acids is 1. The summed E-state index contributed by atoms with van der Waals surface area (Å²) >= 11 is 0. The fourth-order valence-corrected chi connectivity index (χ4v) is 1.73. The topological polar surface area (TPSA) is 76.5 Å². The van der Waals surface area contributed by atoms with Gasteiger partial charge in [-0.25, -0.2) is 14.6 Å². The third-order valence-electron chi connectivity index (χ3n) is 2.59. The number of benzene rings is 1. The minimum atomic E-state index is -1.18. The highest BCUT2D eigenvalue weighted by atomic mass is 16.5. The van der Waals surface area contributed by atoms with Crippen LogP contribution in [0.3, 0.4) is 0 Å². The number of carbonyl (C=O) groups excluding carboxylic acids is 1. The number of carbonyl (C=O) groups is 2. The van der Waals surface area contributed by atoms with Gasteiger partial charge >= 0.3 is 11.9 Å². The highest BCUT2D eigenvalue weighted by molar-refractivity contribution is 6.05. The van der Waals surface area contributed by atoms with Crippen LogP contribution in [0.5, 0.6) is 0 Å². The van der Waals surface area contributed by atoms with Crippen molar-refractivity contribution >= 4 is 22.8 Å². The van der Waals surface area contributed by atoms with Crippen molar-refractivity contribution in [1.82, 2.24) is 4.98 Å². The van der Waals surface area contributed by atoms with Crippen LogP contribution >= 0.6 is 0 Å².